The van der Waals surface area contributed by atoms with E-state index in [1.54, 1.807) is 6.07 Å². The Morgan fingerprint density at radius 1 is 1.30 bits per heavy atom. The number of carbonyl (C=O) groups is 1. The highest BCUT2D eigenvalue weighted by atomic mass is 16.6. The lowest BCUT2D eigenvalue weighted by Gasteiger charge is -2.25. The first kappa shape index (κ1) is 14.5. The zero-order chi connectivity index (χ0) is 14.8. The van der Waals surface area contributed by atoms with Gasteiger partial charge in [-0.05, 0) is 30.7 Å². The summed E-state index contributed by atoms with van der Waals surface area (Å²) in [4.78, 5) is 23.7. The number of rotatable bonds is 3. The van der Waals surface area contributed by atoms with E-state index in [1.165, 1.54) is 12.1 Å². The van der Waals surface area contributed by atoms with Gasteiger partial charge in [-0.15, -0.1) is 0 Å². The van der Waals surface area contributed by atoms with Crippen molar-refractivity contribution >= 4 is 17.7 Å². The predicted octanol–water partition coefficient (Wildman–Crippen LogP) is 3.42. The molecular weight excluding hydrogens is 256 g/mol. The van der Waals surface area contributed by atoms with Crippen LogP contribution in [-0.2, 0) is 0 Å². The molecule has 1 heterocycles. The lowest BCUT2D eigenvalue weighted by Crippen LogP contribution is -2.26. The Balaban J connectivity index is 2.28. The highest BCUT2D eigenvalue weighted by molar-refractivity contribution is 5.86. The van der Waals surface area contributed by atoms with Gasteiger partial charge < -0.3 is 4.90 Å². The van der Waals surface area contributed by atoms with Crippen LogP contribution in [0.3, 0.4) is 0 Å². The molecule has 0 aliphatic carbocycles. The Labute approximate surface area is 118 Å². The summed E-state index contributed by atoms with van der Waals surface area (Å²) in [5.41, 5.74) is 1.49. The largest absolute Gasteiger partial charge is 0.371 e. The molecule has 5 heteroatoms. The van der Waals surface area contributed by atoms with E-state index in [-0.39, 0.29) is 5.69 Å². The maximum absolute atomic E-state index is 11.2. The fourth-order valence-electron chi connectivity index (χ4n) is 2.70. The van der Waals surface area contributed by atoms with Crippen LogP contribution < -0.4 is 4.90 Å². The first-order chi connectivity index (χ1) is 9.43. The van der Waals surface area contributed by atoms with Crippen molar-refractivity contribution < 1.29 is 9.72 Å². The number of aldehydes is 1. The van der Waals surface area contributed by atoms with Crippen molar-refractivity contribution in [3.05, 3.63) is 33.9 Å². The van der Waals surface area contributed by atoms with E-state index in [0.717, 1.165) is 38.0 Å². The Morgan fingerprint density at radius 2 is 2.05 bits per heavy atom. The molecule has 0 unspecified atom stereocenters. The number of hydrogen-bond donors (Lipinski definition) is 0. The van der Waals surface area contributed by atoms with E-state index in [2.05, 4.69) is 18.7 Å². The third kappa shape index (κ3) is 3.15. The van der Waals surface area contributed by atoms with Crippen molar-refractivity contribution in [3.63, 3.8) is 0 Å². The van der Waals surface area contributed by atoms with Gasteiger partial charge in [-0.1, -0.05) is 13.8 Å². The summed E-state index contributed by atoms with van der Waals surface area (Å²) in [7, 11) is 0. The number of nitrogens with zero attached hydrogens (tertiary/aromatic N) is 2. The first-order valence-electron chi connectivity index (χ1n) is 6.91. The zero-order valence-corrected chi connectivity index (χ0v) is 12.0. The fraction of sp³-hybridized carbons (Fsp3) is 0.533. The number of nitro benzene ring substituents is 1. The SMILES string of the molecule is CC1(C)CCCN(c2ccc([N+](=O)[O-])cc2C=O)CC1. The second-order valence-electron chi connectivity index (χ2n) is 6.12. The quantitative estimate of drug-likeness (QED) is 0.482. The second kappa shape index (κ2) is 5.61. The smallest absolute Gasteiger partial charge is 0.270 e. The molecule has 2 rings (SSSR count). The Morgan fingerprint density at radius 3 is 2.70 bits per heavy atom. The molecule has 5 nitrogen and oxygen atoms in total. The van der Waals surface area contributed by atoms with Gasteiger partial charge in [0.15, 0.2) is 6.29 Å². The topological polar surface area (TPSA) is 63.4 Å². The van der Waals surface area contributed by atoms with Crippen molar-refractivity contribution in [1.29, 1.82) is 0 Å². The molecule has 1 aromatic carbocycles. The molecule has 0 N–H and O–H groups in total. The summed E-state index contributed by atoms with van der Waals surface area (Å²) >= 11 is 0. The first-order valence-corrected chi connectivity index (χ1v) is 6.91. The van der Waals surface area contributed by atoms with Gasteiger partial charge >= 0.3 is 0 Å². The highest BCUT2D eigenvalue weighted by Crippen LogP contribution is 2.33. The van der Waals surface area contributed by atoms with Crippen LogP contribution in [-0.4, -0.2) is 24.3 Å². The van der Waals surface area contributed by atoms with Gasteiger partial charge in [-0.2, -0.15) is 0 Å². The van der Waals surface area contributed by atoms with Crippen molar-refractivity contribution in [2.45, 2.75) is 33.1 Å². The van der Waals surface area contributed by atoms with Crippen molar-refractivity contribution in [2.75, 3.05) is 18.0 Å². The molecule has 1 saturated heterocycles. The van der Waals surface area contributed by atoms with Gasteiger partial charge in [-0.3, -0.25) is 14.9 Å². The van der Waals surface area contributed by atoms with E-state index in [0.29, 0.717) is 17.3 Å². The van der Waals surface area contributed by atoms with Crippen LogP contribution in [0.4, 0.5) is 11.4 Å². The fourth-order valence-corrected chi connectivity index (χ4v) is 2.70. The number of non-ortho nitro benzene ring substituents is 1. The van der Waals surface area contributed by atoms with Crippen molar-refractivity contribution in [1.82, 2.24) is 0 Å². The Bertz CT molecular complexity index is 526. The molecule has 0 amide bonds. The number of nitro groups is 1. The minimum atomic E-state index is -0.470. The van der Waals surface area contributed by atoms with E-state index in [1.807, 2.05) is 0 Å². The Kier molecular flexibility index (Phi) is 4.06. The van der Waals surface area contributed by atoms with Crippen molar-refractivity contribution in [3.8, 4) is 0 Å². The lowest BCUT2D eigenvalue weighted by molar-refractivity contribution is -0.384. The molecule has 20 heavy (non-hydrogen) atoms. The molecule has 1 aliphatic rings. The van der Waals surface area contributed by atoms with E-state index in [4.69, 9.17) is 0 Å². The average molecular weight is 276 g/mol. The summed E-state index contributed by atoms with van der Waals surface area (Å²) in [6, 6.07) is 4.52. The molecule has 1 aromatic rings. The molecule has 0 aromatic heterocycles. The molecule has 108 valence electrons. The van der Waals surface area contributed by atoms with Gasteiger partial charge in [0.25, 0.3) is 5.69 Å². The number of carbonyl (C=O) groups excluding carboxylic acids is 1. The lowest BCUT2D eigenvalue weighted by atomic mass is 9.85. The second-order valence-corrected chi connectivity index (χ2v) is 6.12. The van der Waals surface area contributed by atoms with Gasteiger partial charge in [0, 0.05) is 36.5 Å². The number of hydrogen-bond acceptors (Lipinski definition) is 4. The zero-order valence-electron chi connectivity index (χ0n) is 12.0. The van der Waals surface area contributed by atoms with Crippen LogP contribution in [0.2, 0.25) is 0 Å². The normalized spacial score (nSPS) is 18.4. The standard InChI is InChI=1S/C15H20N2O3/c1-15(2)6-3-8-16(9-7-15)14-5-4-13(17(19)20)10-12(14)11-18/h4-5,10-11H,3,6-9H2,1-2H3. The number of benzene rings is 1. The van der Waals surface area contributed by atoms with E-state index < -0.39 is 4.92 Å². The molecule has 0 radical (unpaired) electrons. The predicted molar refractivity (Wildman–Crippen MR) is 78.3 cm³/mol. The molecule has 0 saturated carbocycles. The molecular formula is C15H20N2O3. The van der Waals surface area contributed by atoms with E-state index >= 15 is 0 Å². The Hall–Kier alpha value is -1.91. The summed E-state index contributed by atoms with van der Waals surface area (Å²) in [6.45, 7) is 6.29. The van der Waals surface area contributed by atoms with Gasteiger partial charge in [0.2, 0.25) is 0 Å². The van der Waals surface area contributed by atoms with Gasteiger partial charge in [0.05, 0.1) is 4.92 Å². The van der Waals surface area contributed by atoms with Gasteiger partial charge in [-0.25, -0.2) is 0 Å². The average Bonchev–Trinajstić information content (AvgIpc) is 2.59. The molecule has 1 aliphatic heterocycles. The van der Waals surface area contributed by atoms with Crippen molar-refractivity contribution in [2.24, 2.45) is 5.41 Å². The summed E-state index contributed by atoms with van der Waals surface area (Å²) in [5.74, 6) is 0. The maximum Gasteiger partial charge on any atom is 0.270 e. The monoisotopic (exact) mass is 276 g/mol. The third-order valence-electron chi connectivity index (χ3n) is 4.03. The van der Waals surface area contributed by atoms with Crippen LogP contribution in [0.25, 0.3) is 0 Å². The van der Waals surface area contributed by atoms with Crippen LogP contribution in [0.5, 0.6) is 0 Å². The van der Waals surface area contributed by atoms with Gasteiger partial charge in [0.1, 0.15) is 0 Å². The number of anilines is 1. The highest BCUT2D eigenvalue weighted by Gasteiger charge is 2.24. The van der Waals surface area contributed by atoms with Crippen LogP contribution in [0.1, 0.15) is 43.5 Å². The molecule has 0 spiro atoms. The van der Waals surface area contributed by atoms with Crippen LogP contribution in [0, 0.1) is 15.5 Å². The summed E-state index contributed by atoms with van der Waals surface area (Å²) in [6.07, 6.45) is 4.00. The molecule has 0 atom stereocenters. The summed E-state index contributed by atoms with van der Waals surface area (Å²) in [5, 5.41) is 10.8. The maximum atomic E-state index is 11.2. The minimum Gasteiger partial charge on any atom is -0.371 e. The van der Waals surface area contributed by atoms with Crippen LogP contribution >= 0.6 is 0 Å². The summed E-state index contributed by atoms with van der Waals surface area (Å²) < 4.78 is 0. The van der Waals surface area contributed by atoms with E-state index in [9.17, 15) is 14.9 Å². The third-order valence-corrected chi connectivity index (χ3v) is 4.03. The van der Waals surface area contributed by atoms with Crippen LogP contribution in [0.15, 0.2) is 18.2 Å². The molecule has 1 fully saturated rings. The minimum absolute atomic E-state index is 0.0361. The molecule has 0 bridgehead atoms.